The molecule has 4 fully saturated rings. The average molecular weight is 272 g/mol. The van der Waals surface area contributed by atoms with E-state index in [1.165, 1.54) is 31.3 Å². The molecule has 0 radical (unpaired) electrons. The molecule has 4 rings (SSSR count). The molecule has 0 spiro atoms. The van der Waals surface area contributed by atoms with Gasteiger partial charge in [-0.25, -0.2) is 0 Å². The van der Waals surface area contributed by atoms with Crippen LogP contribution in [0.25, 0.3) is 0 Å². The van der Waals surface area contributed by atoms with Crippen LogP contribution in [-0.4, -0.2) is 0 Å². The topological polar surface area (TPSA) is 0 Å². The predicted octanol–water partition coefficient (Wildman–Crippen LogP) is 6.14. The largest absolute Gasteiger partial charge is 0.0856 e. The highest BCUT2D eigenvalue weighted by Crippen LogP contribution is 2.87. The molecular formula is C20H32. The molecule has 4 bridgehead atoms. The highest BCUT2D eigenvalue weighted by atomic mass is 14.8. The van der Waals surface area contributed by atoms with E-state index in [0.29, 0.717) is 5.41 Å². The summed E-state index contributed by atoms with van der Waals surface area (Å²) in [6.07, 6.45) is 13.2. The fraction of sp³-hybridized carbons (Fsp3) is 0.800. The van der Waals surface area contributed by atoms with E-state index in [1.807, 2.05) is 0 Å². The maximum Gasteiger partial charge on any atom is -0.0207 e. The fourth-order valence-electron chi connectivity index (χ4n) is 5.81. The van der Waals surface area contributed by atoms with E-state index >= 15 is 0 Å². The van der Waals surface area contributed by atoms with E-state index in [9.17, 15) is 0 Å². The Morgan fingerprint density at radius 3 is 2.15 bits per heavy atom. The minimum absolute atomic E-state index is 0.666. The molecule has 0 aliphatic heterocycles. The molecule has 3 atom stereocenters. The second-order valence-corrected chi connectivity index (χ2v) is 8.49. The van der Waals surface area contributed by atoms with Crippen LogP contribution in [0.5, 0.6) is 0 Å². The lowest BCUT2D eigenvalue weighted by Gasteiger charge is -2.34. The maximum absolute atomic E-state index is 2.61. The number of rotatable bonds is 6. The van der Waals surface area contributed by atoms with Crippen molar-refractivity contribution in [3.8, 4) is 0 Å². The second kappa shape index (κ2) is 4.75. The quantitative estimate of drug-likeness (QED) is 0.509. The molecule has 112 valence electrons. The monoisotopic (exact) mass is 272 g/mol. The summed E-state index contributed by atoms with van der Waals surface area (Å²) >= 11 is 0. The van der Waals surface area contributed by atoms with Crippen molar-refractivity contribution in [2.24, 2.45) is 28.6 Å². The summed E-state index contributed by atoms with van der Waals surface area (Å²) in [7, 11) is 0. The minimum atomic E-state index is 0.666. The molecule has 0 aromatic heterocycles. The van der Waals surface area contributed by atoms with E-state index in [1.54, 1.807) is 18.4 Å². The fourth-order valence-corrected chi connectivity index (χ4v) is 5.81. The standard InChI is InChI=1S/C20H32/c1-14(2)8-6-9-15(3)10-7-11-19(4)16-12-17-18(13-16)20(17,19)5/h8,10,16-18H,6-7,9,11-13H2,1-5H3/b15-10-/t16?,17?,18?,19-,20?/m1/s1. The molecule has 4 aliphatic carbocycles. The van der Waals surface area contributed by atoms with E-state index in [4.69, 9.17) is 0 Å². The normalized spacial score (nSPS) is 44.9. The Kier molecular flexibility index (Phi) is 3.42. The van der Waals surface area contributed by atoms with Crippen molar-refractivity contribution >= 4 is 0 Å². The summed E-state index contributed by atoms with van der Waals surface area (Å²) in [5.41, 5.74) is 4.44. The Morgan fingerprint density at radius 2 is 1.65 bits per heavy atom. The van der Waals surface area contributed by atoms with Crippen LogP contribution in [0.15, 0.2) is 23.3 Å². The van der Waals surface area contributed by atoms with Crippen LogP contribution < -0.4 is 0 Å². The van der Waals surface area contributed by atoms with Crippen molar-refractivity contribution in [2.45, 2.75) is 73.1 Å². The van der Waals surface area contributed by atoms with Crippen molar-refractivity contribution in [1.29, 1.82) is 0 Å². The molecule has 0 N–H and O–H groups in total. The summed E-state index contributed by atoms with van der Waals surface area (Å²) in [4.78, 5) is 0. The van der Waals surface area contributed by atoms with Gasteiger partial charge in [-0.3, -0.25) is 0 Å². The van der Waals surface area contributed by atoms with Gasteiger partial charge in [-0.05, 0) is 87.9 Å². The van der Waals surface area contributed by atoms with Gasteiger partial charge in [-0.15, -0.1) is 0 Å². The highest BCUT2D eigenvalue weighted by Gasteiger charge is 2.80. The van der Waals surface area contributed by atoms with Crippen molar-refractivity contribution in [3.05, 3.63) is 23.3 Å². The first-order valence-corrected chi connectivity index (χ1v) is 8.68. The zero-order valence-corrected chi connectivity index (χ0v) is 14.1. The van der Waals surface area contributed by atoms with Crippen LogP contribution in [0, 0.1) is 28.6 Å². The Hall–Kier alpha value is -0.520. The van der Waals surface area contributed by atoms with Gasteiger partial charge in [0.1, 0.15) is 0 Å². The maximum atomic E-state index is 2.61. The SMILES string of the molecule is CC(C)=CCC/C(C)=C\CC[C@]1(C)C2CC3C(C2)C31C. The first-order valence-electron chi connectivity index (χ1n) is 8.68. The molecule has 0 heterocycles. The molecule has 0 aromatic rings. The van der Waals surface area contributed by atoms with Crippen LogP contribution in [-0.2, 0) is 0 Å². The zero-order chi connectivity index (χ0) is 14.5. The third-order valence-corrected chi connectivity index (χ3v) is 7.37. The average Bonchev–Trinajstić information content (AvgIpc) is 2.69. The minimum Gasteiger partial charge on any atom is -0.0856 e. The Balaban J connectivity index is 1.50. The van der Waals surface area contributed by atoms with E-state index in [2.05, 4.69) is 46.8 Å². The summed E-state index contributed by atoms with van der Waals surface area (Å²) in [6.45, 7) is 11.9. The van der Waals surface area contributed by atoms with Gasteiger partial charge >= 0.3 is 0 Å². The van der Waals surface area contributed by atoms with Gasteiger partial charge in [0.15, 0.2) is 0 Å². The first-order chi connectivity index (χ1) is 9.39. The molecule has 0 amide bonds. The van der Waals surface area contributed by atoms with Crippen LogP contribution in [0.3, 0.4) is 0 Å². The molecule has 0 aromatic carbocycles. The number of hydrogen-bond acceptors (Lipinski definition) is 0. The lowest BCUT2D eigenvalue weighted by Crippen LogP contribution is -2.26. The lowest BCUT2D eigenvalue weighted by molar-refractivity contribution is 0.155. The summed E-state index contributed by atoms with van der Waals surface area (Å²) in [5.74, 6) is 3.28. The number of hydrogen-bond donors (Lipinski definition) is 0. The predicted molar refractivity (Wildman–Crippen MR) is 87.6 cm³/mol. The summed E-state index contributed by atoms with van der Waals surface area (Å²) in [5, 5.41) is 0. The number of allylic oxidation sites excluding steroid dienone is 4. The molecule has 0 nitrogen and oxygen atoms in total. The van der Waals surface area contributed by atoms with Gasteiger partial charge in [0.25, 0.3) is 0 Å². The van der Waals surface area contributed by atoms with E-state index in [-0.39, 0.29) is 0 Å². The smallest absolute Gasteiger partial charge is 0.0207 e. The third-order valence-electron chi connectivity index (χ3n) is 7.37. The van der Waals surface area contributed by atoms with Crippen molar-refractivity contribution in [2.75, 3.05) is 0 Å². The van der Waals surface area contributed by atoms with Gasteiger partial charge in [0, 0.05) is 0 Å². The molecule has 20 heavy (non-hydrogen) atoms. The molecule has 0 heteroatoms. The Labute approximate surface area is 125 Å². The van der Waals surface area contributed by atoms with Crippen LogP contribution in [0.4, 0.5) is 0 Å². The van der Waals surface area contributed by atoms with Gasteiger partial charge < -0.3 is 0 Å². The molecule has 4 aliphatic rings. The zero-order valence-electron chi connectivity index (χ0n) is 14.1. The Morgan fingerprint density at radius 1 is 1.00 bits per heavy atom. The van der Waals surface area contributed by atoms with Crippen molar-refractivity contribution < 1.29 is 0 Å². The highest BCUT2D eigenvalue weighted by molar-refractivity contribution is 5.29. The third kappa shape index (κ3) is 1.94. The van der Waals surface area contributed by atoms with Gasteiger partial charge in [0.05, 0.1) is 0 Å². The lowest BCUT2D eigenvalue weighted by atomic mass is 9.71. The van der Waals surface area contributed by atoms with Crippen molar-refractivity contribution in [3.63, 3.8) is 0 Å². The van der Waals surface area contributed by atoms with Crippen LogP contribution in [0.2, 0.25) is 0 Å². The van der Waals surface area contributed by atoms with Gasteiger partial charge in [0.2, 0.25) is 0 Å². The molecular weight excluding hydrogens is 240 g/mol. The van der Waals surface area contributed by atoms with Crippen molar-refractivity contribution in [1.82, 2.24) is 0 Å². The van der Waals surface area contributed by atoms with Crippen LogP contribution >= 0.6 is 0 Å². The molecule has 4 saturated carbocycles. The Bertz CT molecular complexity index is 437. The second-order valence-electron chi connectivity index (χ2n) is 8.49. The van der Waals surface area contributed by atoms with Crippen LogP contribution in [0.1, 0.15) is 73.1 Å². The molecule has 0 saturated heterocycles. The summed E-state index contributed by atoms with van der Waals surface area (Å²) < 4.78 is 0. The summed E-state index contributed by atoms with van der Waals surface area (Å²) in [6, 6.07) is 0. The first kappa shape index (κ1) is 14.4. The van der Waals surface area contributed by atoms with E-state index < -0.39 is 0 Å². The van der Waals surface area contributed by atoms with E-state index in [0.717, 1.165) is 23.2 Å². The van der Waals surface area contributed by atoms with Gasteiger partial charge in [-0.2, -0.15) is 0 Å². The van der Waals surface area contributed by atoms with Gasteiger partial charge in [-0.1, -0.05) is 37.1 Å². The molecule has 2 unspecified atom stereocenters.